The van der Waals surface area contributed by atoms with Gasteiger partial charge in [-0.25, -0.2) is 9.59 Å². The predicted octanol–water partition coefficient (Wildman–Crippen LogP) is 1.93. The number of aromatic nitrogens is 2. The minimum Gasteiger partial charge on any atom is -0.465 e. The smallest absolute Gasteiger partial charge is 0.404 e. The third kappa shape index (κ3) is 5.41. The van der Waals surface area contributed by atoms with Crippen molar-refractivity contribution in [3.8, 4) is 0 Å². The van der Waals surface area contributed by atoms with E-state index in [1.807, 2.05) is 0 Å². The monoisotopic (exact) mass is 510 g/mol. The lowest BCUT2D eigenvalue weighted by atomic mass is 9.97. The van der Waals surface area contributed by atoms with E-state index in [0.717, 1.165) is 5.06 Å². The topological polar surface area (TPSA) is 166 Å². The fourth-order valence-electron chi connectivity index (χ4n) is 3.56. The first kappa shape index (κ1) is 26.4. The largest absolute Gasteiger partial charge is 0.465 e. The first-order chi connectivity index (χ1) is 16.4. The number of carboxylic acid groups (broad SMARTS) is 1. The Hall–Kier alpha value is -3.17. The van der Waals surface area contributed by atoms with E-state index >= 15 is 0 Å². The molecule has 1 saturated heterocycles. The first-order valence-corrected chi connectivity index (χ1v) is 14.2. The Morgan fingerprint density at radius 3 is 2.74 bits per heavy atom. The van der Waals surface area contributed by atoms with Gasteiger partial charge in [-0.3, -0.25) is 20.4 Å². The molecule has 2 aliphatic heterocycles. The fourth-order valence-corrected chi connectivity index (χ4v) is 4.23. The molecule has 1 fully saturated rings. The number of aliphatic imine (C=N–C) groups is 1. The summed E-state index contributed by atoms with van der Waals surface area (Å²) in [7, 11) is -0.578. The molecule has 0 unspecified atom stereocenters. The maximum absolute atomic E-state index is 12.8. The third-order valence-electron chi connectivity index (χ3n) is 6.54. The molecule has 3 heterocycles. The summed E-state index contributed by atoms with van der Waals surface area (Å²) in [6.07, 6.45) is 1.97. The predicted molar refractivity (Wildman–Crippen MR) is 129 cm³/mol. The summed E-state index contributed by atoms with van der Waals surface area (Å²) in [5.41, 5.74) is 4.41. The summed E-state index contributed by atoms with van der Waals surface area (Å²) < 4.78 is 7.83. The van der Waals surface area contributed by atoms with E-state index in [9.17, 15) is 14.8 Å². The molecule has 2 bridgehead atoms. The molecule has 194 valence electrons. The van der Waals surface area contributed by atoms with Crippen LogP contribution in [-0.4, -0.2) is 89.3 Å². The van der Waals surface area contributed by atoms with Gasteiger partial charge < -0.3 is 24.7 Å². The van der Waals surface area contributed by atoms with Crippen LogP contribution in [0.5, 0.6) is 0 Å². The second-order valence-corrected chi connectivity index (χ2v) is 14.5. The van der Waals surface area contributed by atoms with Crippen LogP contribution in [0.1, 0.15) is 44.1 Å². The Kier molecular flexibility index (Phi) is 7.71. The number of hydrogen-bond acceptors (Lipinski definition) is 8. The van der Waals surface area contributed by atoms with Gasteiger partial charge >= 0.3 is 12.1 Å². The molecule has 1 aromatic rings. The molecule has 15 heteroatoms. The number of urea groups is 1. The van der Waals surface area contributed by atoms with Gasteiger partial charge in [0.1, 0.15) is 24.5 Å². The highest BCUT2D eigenvalue weighted by atomic mass is 28.4. The van der Waals surface area contributed by atoms with Crippen molar-refractivity contribution in [3.63, 3.8) is 0 Å². The van der Waals surface area contributed by atoms with Crippen LogP contribution in [-0.2, 0) is 15.9 Å². The second-order valence-electron chi connectivity index (χ2n) is 9.79. The molecule has 0 saturated carbocycles. The lowest BCUT2D eigenvalue weighted by Crippen LogP contribution is -2.50. The molecule has 3 amide bonds. The summed E-state index contributed by atoms with van der Waals surface area (Å²) in [6.45, 7) is 11.2. The molecule has 35 heavy (non-hydrogen) atoms. The third-order valence-corrected chi connectivity index (χ3v) is 10.8. The summed E-state index contributed by atoms with van der Waals surface area (Å²) in [5.74, 6) is 0.424. The van der Waals surface area contributed by atoms with Gasteiger partial charge in [0, 0.05) is 12.6 Å². The van der Waals surface area contributed by atoms with E-state index in [1.165, 1.54) is 11.1 Å². The van der Waals surface area contributed by atoms with Crippen LogP contribution in [0.15, 0.2) is 16.3 Å². The van der Waals surface area contributed by atoms with E-state index < -0.39 is 32.5 Å². The van der Waals surface area contributed by atoms with Gasteiger partial charge in [-0.2, -0.15) is 10.2 Å². The molecule has 0 aromatic carbocycles. The number of amidine groups is 1. The Morgan fingerprint density at radius 1 is 1.40 bits per heavy atom. The van der Waals surface area contributed by atoms with Gasteiger partial charge in [0.05, 0.1) is 37.7 Å². The van der Waals surface area contributed by atoms with Crippen molar-refractivity contribution in [3.05, 3.63) is 17.5 Å². The molecule has 14 nitrogen and oxygen atoms in total. The highest BCUT2D eigenvalue weighted by Crippen LogP contribution is 2.43. The van der Waals surface area contributed by atoms with Crippen molar-refractivity contribution < 1.29 is 29.3 Å². The van der Waals surface area contributed by atoms with E-state index in [2.05, 4.69) is 59.9 Å². The zero-order valence-corrected chi connectivity index (χ0v) is 21.8. The first-order valence-electron chi connectivity index (χ1n) is 11.2. The van der Waals surface area contributed by atoms with E-state index in [-0.39, 0.29) is 31.3 Å². The summed E-state index contributed by atoms with van der Waals surface area (Å²) in [4.78, 5) is 34.3. The van der Waals surface area contributed by atoms with Gasteiger partial charge in [0.25, 0.3) is 0 Å². The second kappa shape index (κ2) is 10.2. The van der Waals surface area contributed by atoms with Gasteiger partial charge in [0.2, 0.25) is 8.32 Å². The standard InChI is InChI=1S/C20H34N8O6Si/c1-20(2,3)35(5,6)34-25-17(21-4)16-15-13(14-12-26(16)19(31)28(14)32)11-23-27(15)9-7-24-33-10-8-22-18(29)30/h7,11,14,16,22,32H,8-10,12H2,1-6H3,(H,21,25)(H,29,30)/b24-7+/t14-,16-/m0/s1. The van der Waals surface area contributed by atoms with Gasteiger partial charge in [-0.05, 0) is 18.1 Å². The van der Waals surface area contributed by atoms with Crippen LogP contribution in [0.3, 0.4) is 0 Å². The van der Waals surface area contributed by atoms with Crippen molar-refractivity contribution in [2.45, 2.75) is 57.5 Å². The number of nitrogens with one attached hydrogen (secondary N) is 2. The summed E-state index contributed by atoms with van der Waals surface area (Å²) in [5, 5.41) is 30.1. The van der Waals surface area contributed by atoms with Gasteiger partial charge in [0.15, 0.2) is 0 Å². The lowest BCUT2D eigenvalue weighted by Gasteiger charge is -2.38. The van der Waals surface area contributed by atoms with Crippen LogP contribution in [0.4, 0.5) is 9.59 Å². The molecule has 0 spiro atoms. The van der Waals surface area contributed by atoms with Crippen molar-refractivity contribution in [2.75, 3.05) is 26.7 Å². The maximum Gasteiger partial charge on any atom is 0.404 e. The Labute approximate surface area is 204 Å². The number of nitrogens with zero attached hydrogens (tertiary/aromatic N) is 6. The molecule has 0 radical (unpaired) electrons. The number of amides is 3. The molecular formula is C20H34N8O6Si. The van der Waals surface area contributed by atoms with Crippen LogP contribution >= 0.6 is 0 Å². The quantitative estimate of drug-likeness (QED) is 0.0976. The number of hydroxylamine groups is 3. The van der Waals surface area contributed by atoms with Crippen LogP contribution < -0.4 is 10.8 Å². The number of fused-ring (bicyclic) bond motifs is 4. The zero-order chi connectivity index (χ0) is 26.0. The maximum atomic E-state index is 12.8. The SMILES string of the molecule is CN=C(NO[Si](C)(C)C(C)(C)C)[C@@H]1c2c(cnn2C/C=N/OCCNC(=O)O)[C@@H]2CN1C(=O)N2O. The van der Waals surface area contributed by atoms with E-state index in [4.69, 9.17) is 14.5 Å². The van der Waals surface area contributed by atoms with E-state index in [0.29, 0.717) is 17.1 Å². The highest BCUT2D eigenvalue weighted by Gasteiger charge is 2.51. The Morgan fingerprint density at radius 2 is 2.11 bits per heavy atom. The molecule has 1 aromatic heterocycles. The summed E-state index contributed by atoms with van der Waals surface area (Å²) >= 11 is 0. The summed E-state index contributed by atoms with van der Waals surface area (Å²) in [6, 6.07) is -1.73. The van der Waals surface area contributed by atoms with Crippen LogP contribution in [0.25, 0.3) is 0 Å². The number of carbonyl (C=O) groups is 2. The van der Waals surface area contributed by atoms with Gasteiger partial charge in [-0.15, -0.1) is 0 Å². The normalized spacial score (nSPS) is 20.4. The molecule has 3 rings (SSSR count). The molecular weight excluding hydrogens is 476 g/mol. The van der Waals surface area contributed by atoms with Gasteiger partial charge in [-0.1, -0.05) is 25.9 Å². The molecule has 2 atom stereocenters. The number of carbonyl (C=O) groups excluding carboxylic acids is 1. The van der Waals surface area contributed by atoms with Crippen molar-refractivity contribution in [1.29, 1.82) is 0 Å². The van der Waals surface area contributed by atoms with Crippen molar-refractivity contribution in [2.24, 2.45) is 10.1 Å². The molecule has 4 N–H and O–H groups in total. The molecule has 2 aliphatic rings. The molecule has 0 aliphatic carbocycles. The minimum absolute atomic E-state index is 0.0503. The average Bonchev–Trinajstić information content (AvgIpc) is 3.30. The Bertz CT molecular complexity index is 1000. The number of rotatable bonds is 9. The minimum atomic E-state index is -2.19. The highest BCUT2D eigenvalue weighted by molar-refractivity contribution is 6.74. The average molecular weight is 511 g/mol. The Balaban J connectivity index is 1.82. The fraction of sp³-hybridized carbons (Fsp3) is 0.650. The van der Waals surface area contributed by atoms with Crippen molar-refractivity contribution in [1.82, 2.24) is 30.5 Å². The van der Waals surface area contributed by atoms with Crippen LogP contribution in [0, 0.1) is 0 Å². The number of oxime groups is 1. The zero-order valence-electron chi connectivity index (χ0n) is 20.8. The number of hydrogen-bond donors (Lipinski definition) is 4. The van der Waals surface area contributed by atoms with Crippen LogP contribution in [0.2, 0.25) is 18.1 Å². The van der Waals surface area contributed by atoms with Crippen molar-refractivity contribution >= 4 is 32.5 Å². The van der Waals surface area contributed by atoms with E-state index in [1.54, 1.807) is 17.9 Å². The lowest BCUT2D eigenvalue weighted by molar-refractivity contribution is -0.0586.